The number of likely N-dealkylation sites (tertiary alicyclic amines) is 1. The first-order valence-electron chi connectivity index (χ1n) is 10.6. The number of benzene rings is 1. The van der Waals surface area contributed by atoms with E-state index in [0.717, 1.165) is 38.6 Å². The lowest BCUT2D eigenvalue weighted by Gasteiger charge is -2.35. The highest BCUT2D eigenvalue weighted by atomic mass is 16.2. The Morgan fingerprint density at radius 2 is 1.78 bits per heavy atom. The summed E-state index contributed by atoms with van der Waals surface area (Å²) in [7, 11) is 0. The number of piperidine rings is 1. The molecule has 1 aliphatic heterocycles. The summed E-state index contributed by atoms with van der Waals surface area (Å²) in [5.41, 5.74) is 2.48. The molecule has 1 aromatic carbocycles. The molecule has 2 N–H and O–H groups in total. The molecule has 0 bridgehead atoms. The zero-order chi connectivity index (χ0) is 19.6. The summed E-state index contributed by atoms with van der Waals surface area (Å²) in [4.78, 5) is 17.1. The smallest absolute Gasteiger partial charge is 0.315 e. The molecule has 0 spiro atoms. The maximum absolute atomic E-state index is 12.3. The summed E-state index contributed by atoms with van der Waals surface area (Å²) in [6, 6.07) is 8.69. The van der Waals surface area contributed by atoms with E-state index in [1.54, 1.807) is 0 Å². The zero-order valence-electron chi connectivity index (χ0n) is 17.6. The molecule has 0 radical (unpaired) electrons. The number of urea groups is 1. The van der Waals surface area contributed by atoms with Crippen LogP contribution in [0.4, 0.5) is 4.79 Å². The first-order valence-corrected chi connectivity index (χ1v) is 10.6. The van der Waals surface area contributed by atoms with Crippen molar-refractivity contribution in [2.75, 3.05) is 32.7 Å². The molecule has 1 atom stereocenters. The van der Waals surface area contributed by atoms with Crippen LogP contribution in [0.5, 0.6) is 0 Å². The summed E-state index contributed by atoms with van der Waals surface area (Å²) >= 11 is 0. The molecule has 1 aliphatic rings. The molecule has 2 rings (SSSR count). The van der Waals surface area contributed by atoms with Crippen LogP contribution >= 0.6 is 0 Å². The molecule has 1 saturated heterocycles. The topological polar surface area (TPSA) is 47.6 Å². The Morgan fingerprint density at radius 1 is 1.15 bits per heavy atom. The summed E-state index contributed by atoms with van der Waals surface area (Å²) in [5.74, 6) is 0.834. The molecule has 0 saturated carbocycles. The average molecular weight is 375 g/mol. The summed E-state index contributed by atoms with van der Waals surface area (Å²) < 4.78 is 0. The van der Waals surface area contributed by atoms with E-state index in [-0.39, 0.29) is 6.03 Å². The van der Waals surface area contributed by atoms with E-state index in [4.69, 9.17) is 0 Å². The van der Waals surface area contributed by atoms with E-state index in [1.807, 2.05) is 6.07 Å². The van der Waals surface area contributed by atoms with Crippen molar-refractivity contribution in [3.8, 4) is 0 Å². The van der Waals surface area contributed by atoms with Gasteiger partial charge in [-0.3, -0.25) is 9.80 Å². The molecule has 152 valence electrons. The molecule has 5 heteroatoms. The Balaban J connectivity index is 1.77. The van der Waals surface area contributed by atoms with Crippen molar-refractivity contribution in [2.45, 2.75) is 59.7 Å². The van der Waals surface area contributed by atoms with Gasteiger partial charge in [0.05, 0.1) is 0 Å². The molecule has 1 aromatic rings. The van der Waals surface area contributed by atoms with Gasteiger partial charge in [0.15, 0.2) is 0 Å². The molecule has 27 heavy (non-hydrogen) atoms. The van der Waals surface area contributed by atoms with Crippen LogP contribution in [0, 0.1) is 5.92 Å². The van der Waals surface area contributed by atoms with Gasteiger partial charge in [-0.25, -0.2) is 4.79 Å². The van der Waals surface area contributed by atoms with Crippen LogP contribution in [0.25, 0.3) is 0 Å². The van der Waals surface area contributed by atoms with Crippen molar-refractivity contribution >= 4 is 6.03 Å². The van der Waals surface area contributed by atoms with E-state index in [1.165, 1.54) is 24.0 Å². The van der Waals surface area contributed by atoms with E-state index in [2.05, 4.69) is 66.3 Å². The fourth-order valence-corrected chi connectivity index (χ4v) is 3.65. The number of amides is 2. The minimum atomic E-state index is -0.0788. The lowest BCUT2D eigenvalue weighted by molar-refractivity contribution is 0.145. The fourth-order valence-electron chi connectivity index (χ4n) is 3.65. The molecule has 2 amide bonds. The molecule has 0 unspecified atom stereocenters. The average Bonchev–Trinajstić information content (AvgIpc) is 2.69. The van der Waals surface area contributed by atoms with Crippen LogP contribution in [-0.2, 0) is 13.1 Å². The highest BCUT2D eigenvalue weighted by Gasteiger charge is 2.20. The third-order valence-electron chi connectivity index (χ3n) is 5.85. The van der Waals surface area contributed by atoms with Crippen molar-refractivity contribution in [3.05, 3.63) is 35.4 Å². The molecule has 5 nitrogen and oxygen atoms in total. The summed E-state index contributed by atoms with van der Waals surface area (Å²) in [6.45, 7) is 15.4. The van der Waals surface area contributed by atoms with Crippen LogP contribution in [0.15, 0.2) is 24.3 Å². The van der Waals surface area contributed by atoms with Crippen molar-refractivity contribution in [3.63, 3.8) is 0 Å². The predicted molar refractivity (Wildman–Crippen MR) is 113 cm³/mol. The highest BCUT2D eigenvalue weighted by molar-refractivity contribution is 5.73. The lowest BCUT2D eigenvalue weighted by atomic mass is 9.98. The third kappa shape index (κ3) is 7.15. The number of hydrogen-bond acceptors (Lipinski definition) is 3. The molecule has 0 aromatic heterocycles. The van der Waals surface area contributed by atoms with Gasteiger partial charge >= 0.3 is 6.03 Å². The first-order chi connectivity index (χ1) is 13.0. The van der Waals surface area contributed by atoms with Crippen molar-refractivity contribution in [1.29, 1.82) is 0 Å². The maximum Gasteiger partial charge on any atom is 0.315 e. The van der Waals surface area contributed by atoms with E-state index in [9.17, 15) is 4.79 Å². The van der Waals surface area contributed by atoms with Crippen molar-refractivity contribution < 1.29 is 4.79 Å². The second-order valence-corrected chi connectivity index (χ2v) is 7.86. The normalized spacial score (nSPS) is 17.1. The summed E-state index contributed by atoms with van der Waals surface area (Å²) in [6.07, 6.45) is 2.53. The first kappa shape index (κ1) is 21.7. The van der Waals surface area contributed by atoms with Gasteiger partial charge in [0, 0.05) is 25.7 Å². The monoisotopic (exact) mass is 374 g/mol. The maximum atomic E-state index is 12.3. The van der Waals surface area contributed by atoms with Gasteiger partial charge in [-0.05, 0) is 63.0 Å². The van der Waals surface area contributed by atoms with Gasteiger partial charge < -0.3 is 10.6 Å². The van der Waals surface area contributed by atoms with Crippen LogP contribution in [0.2, 0.25) is 0 Å². The van der Waals surface area contributed by atoms with Gasteiger partial charge in [0.2, 0.25) is 0 Å². The Kier molecular flexibility index (Phi) is 9.08. The SMILES string of the molecule is CCN(CC)Cc1ccccc1CNC(=O)NC[C@@H](C)N1CCC(C)CC1. The third-order valence-corrected chi connectivity index (χ3v) is 5.85. The van der Waals surface area contributed by atoms with Gasteiger partial charge in [0.25, 0.3) is 0 Å². The van der Waals surface area contributed by atoms with Crippen LogP contribution in [0.1, 0.15) is 51.7 Å². The van der Waals surface area contributed by atoms with Gasteiger partial charge in [-0.15, -0.1) is 0 Å². The molecule has 0 aliphatic carbocycles. The number of nitrogens with one attached hydrogen (secondary N) is 2. The van der Waals surface area contributed by atoms with Crippen LogP contribution in [-0.4, -0.2) is 54.6 Å². The Morgan fingerprint density at radius 3 is 2.41 bits per heavy atom. The van der Waals surface area contributed by atoms with E-state index >= 15 is 0 Å². The molecular formula is C22H38N4O. The second kappa shape index (κ2) is 11.3. The van der Waals surface area contributed by atoms with E-state index < -0.39 is 0 Å². The Labute approximate surface area is 165 Å². The standard InChI is InChI=1S/C22H38N4O/c1-5-25(6-2)17-21-10-8-7-9-20(21)16-24-22(27)23-15-19(4)26-13-11-18(3)12-14-26/h7-10,18-19H,5-6,11-17H2,1-4H3,(H2,23,24,27)/t19-/m1/s1. The largest absolute Gasteiger partial charge is 0.337 e. The van der Waals surface area contributed by atoms with Crippen molar-refractivity contribution in [1.82, 2.24) is 20.4 Å². The zero-order valence-corrected chi connectivity index (χ0v) is 17.6. The van der Waals surface area contributed by atoms with Gasteiger partial charge in [-0.2, -0.15) is 0 Å². The molecule has 1 fully saturated rings. The van der Waals surface area contributed by atoms with Gasteiger partial charge in [-0.1, -0.05) is 45.0 Å². The second-order valence-electron chi connectivity index (χ2n) is 7.86. The summed E-state index contributed by atoms with van der Waals surface area (Å²) in [5, 5.41) is 6.07. The van der Waals surface area contributed by atoms with Gasteiger partial charge in [0.1, 0.15) is 0 Å². The van der Waals surface area contributed by atoms with Crippen molar-refractivity contribution in [2.24, 2.45) is 5.92 Å². The molecular weight excluding hydrogens is 336 g/mol. The number of carbonyl (C=O) groups excluding carboxylic acids is 1. The Hall–Kier alpha value is -1.59. The highest BCUT2D eigenvalue weighted by Crippen LogP contribution is 2.17. The molecule has 1 heterocycles. The minimum Gasteiger partial charge on any atom is -0.337 e. The predicted octanol–water partition coefficient (Wildman–Crippen LogP) is 3.45. The number of rotatable bonds is 9. The Bertz CT molecular complexity index is 565. The number of carbonyl (C=O) groups is 1. The van der Waals surface area contributed by atoms with Crippen LogP contribution in [0.3, 0.4) is 0 Å². The lowest BCUT2D eigenvalue weighted by Crippen LogP contribution is -2.47. The van der Waals surface area contributed by atoms with Crippen LogP contribution < -0.4 is 10.6 Å². The number of hydrogen-bond donors (Lipinski definition) is 2. The minimum absolute atomic E-state index is 0.0788. The number of nitrogens with zero attached hydrogens (tertiary/aromatic N) is 2. The quantitative estimate of drug-likeness (QED) is 0.696. The van der Waals surface area contributed by atoms with E-state index in [0.29, 0.717) is 19.1 Å². The fraction of sp³-hybridized carbons (Fsp3) is 0.682.